The lowest BCUT2D eigenvalue weighted by Gasteiger charge is -2.27. The maximum atomic E-state index is 11.9. The zero-order valence-corrected chi connectivity index (χ0v) is 14.0. The van der Waals surface area contributed by atoms with E-state index in [1.807, 2.05) is 11.8 Å². The fourth-order valence-corrected chi connectivity index (χ4v) is 3.09. The van der Waals surface area contributed by atoms with E-state index in [1.54, 1.807) is 13.0 Å². The topological polar surface area (TPSA) is 66.8 Å². The largest absolute Gasteiger partial charge is 0.481 e. The third-order valence-electron chi connectivity index (χ3n) is 3.03. The van der Waals surface area contributed by atoms with Gasteiger partial charge in [0.2, 0.25) is 0 Å². The van der Waals surface area contributed by atoms with E-state index in [0.717, 1.165) is 9.88 Å². The van der Waals surface area contributed by atoms with Gasteiger partial charge in [-0.1, -0.05) is 20.8 Å². The molecule has 0 radical (unpaired) electrons. The predicted octanol–water partition coefficient (Wildman–Crippen LogP) is 3.03. The van der Waals surface area contributed by atoms with Gasteiger partial charge in [-0.15, -0.1) is 11.3 Å². The summed E-state index contributed by atoms with van der Waals surface area (Å²) in [6.45, 7) is 8.80. The number of ether oxygens (including phenoxy) is 1. The van der Waals surface area contributed by atoms with Gasteiger partial charge in [0.25, 0.3) is 0 Å². The minimum Gasteiger partial charge on any atom is -0.481 e. The average molecular weight is 313 g/mol. The van der Waals surface area contributed by atoms with E-state index in [-0.39, 0.29) is 5.97 Å². The summed E-state index contributed by atoms with van der Waals surface area (Å²) in [5, 5.41) is 9.92. The molecule has 0 aromatic carbocycles. The van der Waals surface area contributed by atoms with E-state index in [2.05, 4.69) is 13.8 Å². The van der Waals surface area contributed by atoms with E-state index in [1.165, 1.54) is 18.4 Å². The van der Waals surface area contributed by atoms with Crippen LogP contribution in [0.4, 0.5) is 5.00 Å². The number of carbonyl (C=O) groups is 2. The first kappa shape index (κ1) is 17.5. The van der Waals surface area contributed by atoms with E-state index in [0.29, 0.717) is 24.6 Å². The SMILES string of the molecule is COC(=O)c1cc(C)sc1N(CC(C)C)CC(C)C(=O)O. The Morgan fingerprint density at radius 3 is 2.43 bits per heavy atom. The third-order valence-corrected chi connectivity index (χ3v) is 4.14. The fraction of sp³-hybridized carbons (Fsp3) is 0.600. The van der Waals surface area contributed by atoms with Crippen LogP contribution in [0.1, 0.15) is 36.0 Å². The summed E-state index contributed by atoms with van der Waals surface area (Å²) < 4.78 is 4.82. The van der Waals surface area contributed by atoms with Gasteiger partial charge in [-0.05, 0) is 18.9 Å². The van der Waals surface area contributed by atoms with Gasteiger partial charge in [-0.25, -0.2) is 4.79 Å². The van der Waals surface area contributed by atoms with Crippen LogP contribution in [0.15, 0.2) is 6.07 Å². The van der Waals surface area contributed by atoms with Crippen molar-refractivity contribution in [3.05, 3.63) is 16.5 Å². The molecule has 0 aliphatic heterocycles. The van der Waals surface area contributed by atoms with E-state index < -0.39 is 11.9 Å². The van der Waals surface area contributed by atoms with Gasteiger partial charge >= 0.3 is 11.9 Å². The molecule has 5 nitrogen and oxygen atoms in total. The molecule has 21 heavy (non-hydrogen) atoms. The van der Waals surface area contributed by atoms with Gasteiger partial charge in [-0.2, -0.15) is 0 Å². The molecule has 1 N–H and O–H groups in total. The molecule has 118 valence electrons. The summed E-state index contributed by atoms with van der Waals surface area (Å²) in [5.74, 6) is -1.36. The van der Waals surface area contributed by atoms with Gasteiger partial charge in [0.15, 0.2) is 0 Å². The number of carboxylic acid groups (broad SMARTS) is 1. The van der Waals surface area contributed by atoms with Crippen molar-refractivity contribution in [2.24, 2.45) is 11.8 Å². The highest BCUT2D eigenvalue weighted by atomic mass is 32.1. The molecule has 0 aliphatic carbocycles. The fourth-order valence-electron chi connectivity index (χ4n) is 2.08. The zero-order chi connectivity index (χ0) is 16.2. The normalized spacial score (nSPS) is 12.3. The number of thiophene rings is 1. The van der Waals surface area contributed by atoms with Gasteiger partial charge in [0.1, 0.15) is 5.00 Å². The molecule has 0 aliphatic rings. The highest BCUT2D eigenvalue weighted by Gasteiger charge is 2.24. The molecule has 1 aromatic rings. The van der Waals surface area contributed by atoms with Crippen molar-refractivity contribution in [2.45, 2.75) is 27.7 Å². The molecule has 1 atom stereocenters. The summed E-state index contributed by atoms with van der Waals surface area (Å²) >= 11 is 1.49. The van der Waals surface area contributed by atoms with Crippen LogP contribution in [-0.4, -0.2) is 37.2 Å². The van der Waals surface area contributed by atoms with Crippen molar-refractivity contribution >= 4 is 28.3 Å². The molecule has 0 bridgehead atoms. The Kier molecular flexibility index (Phi) is 6.20. The second-order valence-corrected chi connectivity index (χ2v) is 6.84. The number of carbonyl (C=O) groups excluding carboxylic acids is 1. The smallest absolute Gasteiger partial charge is 0.340 e. The summed E-state index contributed by atoms with van der Waals surface area (Å²) in [4.78, 5) is 26.0. The molecule has 0 spiro atoms. The van der Waals surface area contributed by atoms with Crippen molar-refractivity contribution in [1.82, 2.24) is 0 Å². The van der Waals surface area contributed by atoms with E-state index in [9.17, 15) is 9.59 Å². The van der Waals surface area contributed by atoms with Gasteiger partial charge in [-0.3, -0.25) is 4.79 Å². The third kappa shape index (κ3) is 4.74. The van der Waals surface area contributed by atoms with Crippen molar-refractivity contribution in [2.75, 3.05) is 25.1 Å². The van der Waals surface area contributed by atoms with Crippen LogP contribution in [0.25, 0.3) is 0 Å². The van der Waals surface area contributed by atoms with Gasteiger partial charge < -0.3 is 14.7 Å². The molecular formula is C15H23NO4S. The number of methoxy groups -OCH3 is 1. The standard InChI is InChI=1S/C15H23NO4S/c1-9(2)7-16(8-10(3)14(17)18)13-12(15(19)20-5)6-11(4)21-13/h6,9-10H,7-8H2,1-5H3,(H,17,18). The Morgan fingerprint density at radius 1 is 1.33 bits per heavy atom. The van der Waals surface area contributed by atoms with Gasteiger partial charge in [0.05, 0.1) is 18.6 Å². The van der Waals surface area contributed by atoms with Crippen LogP contribution in [0, 0.1) is 18.8 Å². The number of hydrogen-bond donors (Lipinski definition) is 1. The lowest BCUT2D eigenvalue weighted by atomic mass is 10.1. The Morgan fingerprint density at radius 2 is 1.95 bits per heavy atom. The number of esters is 1. The Hall–Kier alpha value is -1.56. The maximum absolute atomic E-state index is 11.9. The Balaban J connectivity index is 3.13. The molecule has 0 saturated heterocycles. The number of rotatable bonds is 7. The molecule has 1 unspecified atom stereocenters. The Labute approximate surface area is 129 Å². The predicted molar refractivity (Wildman–Crippen MR) is 84.2 cm³/mol. The highest BCUT2D eigenvalue weighted by Crippen LogP contribution is 2.33. The van der Waals surface area contributed by atoms with Crippen LogP contribution < -0.4 is 4.90 Å². The van der Waals surface area contributed by atoms with Crippen LogP contribution in [0.3, 0.4) is 0 Å². The molecule has 1 rings (SSSR count). The number of anilines is 1. The second-order valence-electron chi connectivity index (χ2n) is 5.61. The minimum atomic E-state index is -0.836. The molecule has 1 aromatic heterocycles. The quantitative estimate of drug-likeness (QED) is 0.784. The summed E-state index contributed by atoms with van der Waals surface area (Å²) in [5.41, 5.74) is 0.512. The molecule has 0 amide bonds. The molecule has 0 fully saturated rings. The monoisotopic (exact) mass is 313 g/mol. The first-order valence-corrected chi connectivity index (χ1v) is 7.74. The highest BCUT2D eigenvalue weighted by molar-refractivity contribution is 7.16. The zero-order valence-electron chi connectivity index (χ0n) is 13.2. The van der Waals surface area contributed by atoms with Crippen LogP contribution in [-0.2, 0) is 9.53 Å². The van der Waals surface area contributed by atoms with Crippen molar-refractivity contribution in [3.63, 3.8) is 0 Å². The first-order valence-electron chi connectivity index (χ1n) is 6.92. The van der Waals surface area contributed by atoms with Crippen molar-refractivity contribution in [3.8, 4) is 0 Å². The molecule has 0 saturated carbocycles. The number of nitrogens with zero attached hydrogens (tertiary/aromatic N) is 1. The average Bonchev–Trinajstić information content (AvgIpc) is 2.78. The van der Waals surface area contributed by atoms with E-state index >= 15 is 0 Å². The van der Waals surface area contributed by atoms with Gasteiger partial charge in [0, 0.05) is 18.0 Å². The maximum Gasteiger partial charge on any atom is 0.340 e. The molecular weight excluding hydrogens is 290 g/mol. The number of carboxylic acids is 1. The number of aliphatic carboxylic acids is 1. The Bertz CT molecular complexity index is 510. The van der Waals surface area contributed by atoms with Crippen LogP contribution in [0.2, 0.25) is 0 Å². The molecule has 6 heteroatoms. The van der Waals surface area contributed by atoms with Crippen LogP contribution >= 0.6 is 11.3 Å². The van der Waals surface area contributed by atoms with Crippen molar-refractivity contribution in [1.29, 1.82) is 0 Å². The lowest BCUT2D eigenvalue weighted by Crippen LogP contribution is -2.35. The number of hydrogen-bond acceptors (Lipinski definition) is 5. The molecule has 1 heterocycles. The van der Waals surface area contributed by atoms with Crippen molar-refractivity contribution < 1.29 is 19.4 Å². The summed E-state index contributed by atoms with van der Waals surface area (Å²) in [6.07, 6.45) is 0. The van der Waals surface area contributed by atoms with E-state index in [4.69, 9.17) is 9.84 Å². The van der Waals surface area contributed by atoms with Crippen LogP contribution in [0.5, 0.6) is 0 Å². The second kappa shape index (κ2) is 7.45. The lowest BCUT2D eigenvalue weighted by molar-refractivity contribution is -0.140. The summed E-state index contributed by atoms with van der Waals surface area (Å²) in [6, 6.07) is 1.80. The summed E-state index contributed by atoms with van der Waals surface area (Å²) in [7, 11) is 1.35. The first-order chi connectivity index (χ1) is 9.76. The minimum absolute atomic E-state index is 0.360. The number of aryl methyl sites for hydroxylation is 1.